The Morgan fingerprint density at radius 1 is 1.04 bits per heavy atom. The number of fused-ring (bicyclic) bond motifs is 1. The monoisotopic (exact) mass is 664 g/mol. The number of nitrogens with one attached hydrogen (secondary N) is 3. The first-order valence-electron chi connectivity index (χ1n) is 18.5. The van der Waals surface area contributed by atoms with Gasteiger partial charge in [-0.2, -0.15) is 0 Å². The van der Waals surface area contributed by atoms with Gasteiger partial charge in [-0.1, -0.05) is 0 Å². The summed E-state index contributed by atoms with van der Waals surface area (Å²) in [4.78, 5) is 32.0. The summed E-state index contributed by atoms with van der Waals surface area (Å²) in [5.41, 5.74) is 0. The summed E-state index contributed by atoms with van der Waals surface area (Å²) in [5, 5.41) is 21.3. The van der Waals surface area contributed by atoms with Crippen molar-refractivity contribution >= 4 is 11.8 Å². The van der Waals surface area contributed by atoms with E-state index in [2.05, 4.69) is 39.7 Å². The maximum Gasteiger partial charge on any atom is 0.223 e. The average molecular weight is 665 g/mol. The molecule has 3 saturated heterocycles. The Labute approximate surface area is 283 Å². The van der Waals surface area contributed by atoms with Gasteiger partial charge in [0.1, 0.15) is 0 Å². The number of nitrogens with zero attached hydrogens (tertiary/aromatic N) is 3. The highest BCUT2D eigenvalue weighted by molar-refractivity contribution is 5.79. The Kier molecular flexibility index (Phi) is 14.2. The van der Waals surface area contributed by atoms with Gasteiger partial charge in [0.2, 0.25) is 11.8 Å². The van der Waals surface area contributed by atoms with E-state index in [1.807, 2.05) is 4.90 Å². The molecule has 0 aromatic carbocycles. The summed E-state index contributed by atoms with van der Waals surface area (Å²) in [7, 11) is 3.85. The number of aliphatic hydroxyl groups is 1. The van der Waals surface area contributed by atoms with E-state index in [0.717, 1.165) is 84.1 Å². The van der Waals surface area contributed by atoms with Crippen LogP contribution in [0.1, 0.15) is 71.6 Å². The Morgan fingerprint density at radius 3 is 2.57 bits per heavy atom. The molecule has 270 valence electrons. The number of amides is 2. The predicted octanol–water partition coefficient (Wildman–Crippen LogP) is 1.02. The molecule has 9 atom stereocenters. The predicted molar refractivity (Wildman–Crippen MR) is 181 cm³/mol. The Morgan fingerprint density at radius 2 is 1.85 bits per heavy atom. The molecular formula is C35H64N6O6. The first kappa shape index (κ1) is 36.9. The van der Waals surface area contributed by atoms with E-state index in [9.17, 15) is 14.7 Å². The minimum atomic E-state index is -0.582. The molecule has 12 heteroatoms. The quantitative estimate of drug-likeness (QED) is 0.214. The molecule has 2 amide bonds. The molecule has 0 radical (unpaired) electrons. The largest absolute Gasteiger partial charge is 0.390 e. The van der Waals surface area contributed by atoms with Crippen LogP contribution in [0.25, 0.3) is 0 Å². The molecular weight excluding hydrogens is 600 g/mol. The second-order valence-corrected chi connectivity index (χ2v) is 15.3. The van der Waals surface area contributed by atoms with Crippen LogP contribution in [0.4, 0.5) is 0 Å². The summed E-state index contributed by atoms with van der Waals surface area (Å²) in [6.45, 7) is 11.1. The van der Waals surface area contributed by atoms with E-state index in [0.29, 0.717) is 56.5 Å². The van der Waals surface area contributed by atoms with Crippen molar-refractivity contribution in [2.24, 2.45) is 17.8 Å². The standard InChI is InChI=1S/C35H64N6O6/c1-24-34(47-23-37-24)22-46-33-6-5-27-20-40(10-7-26(27)17-33)21-32(43)19-36-35(44)28-15-30(18-31(16-28)39(3)13-14-45-4)38-29-8-11-41(12-9-29)25(2)42/h24,26-34,37-38,43H,5-23H2,1-4H3,(H,36,44)/t24?,26?,27?,28?,30?,31?,32-,33?,34?/m0/s1. The maximum absolute atomic E-state index is 13.5. The second-order valence-electron chi connectivity index (χ2n) is 15.3. The highest BCUT2D eigenvalue weighted by Crippen LogP contribution is 2.37. The van der Waals surface area contributed by atoms with Crippen LogP contribution in [-0.2, 0) is 23.8 Å². The van der Waals surface area contributed by atoms with Crippen molar-refractivity contribution in [3.63, 3.8) is 0 Å². The molecule has 3 aliphatic heterocycles. The molecule has 5 fully saturated rings. The number of carbonyl (C=O) groups excluding carboxylic acids is 2. The molecule has 0 bridgehead atoms. The topological polar surface area (TPSA) is 128 Å². The fraction of sp³-hybridized carbons (Fsp3) is 0.943. The maximum atomic E-state index is 13.5. The zero-order valence-electron chi connectivity index (χ0n) is 29.5. The molecule has 12 nitrogen and oxygen atoms in total. The number of ether oxygens (including phenoxy) is 3. The van der Waals surface area contributed by atoms with Crippen LogP contribution in [-0.4, -0.2) is 154 Å². The van der Waals surface area contributed by atoms with Gasteiger partial charge in [0.05, 0.1) is 38.3 Å². The summed E-state index contributed by atoms with van der Waals surface area (Å²) >= 11 is 0. The first-order chi connectivity index (χ1) is 22.7. The lowest BCUT2D eigenvalue weighted by Gasteiger charge is -2.44. The smallest absolute Gasteiger partial charge is 0.223 e. The highest BCUT2D eigenvalue weighted by atomic mass is 16.5. The van der Waals surface area contributed by atoms with Gasteiger partial charge in [0, 0.05) is 83.4 Å². The summed E-state index contributed by atoms with van der Waals surface area (Å²) in [6.07, 6.45) is 8.93. The van der Waals surface area contributed by atoms with E-state index < -0.39 is 6.10 Å². The normalized spacial score (nSPS) is 34.7. The van der Waals surface area contributed by atoms with Crippen molar-refractivity contribution in [2.45, 2.75) is 114 Å². The van der Waals surface area contributed by atoms with E-state index in [-0.39, 0.29) is 42.5 Å². The molecule has 0 spiro atoms. The van der Waals surface area contributed by atoms with Crippen LogP contribution in [0, 0.1) is 17.8 Å². The molecule has 5 aliphatic rings. The lowest BCUT2D eigenvalue weighted by Crippen LogP contribution is -2.54. The van der Waals surface area contributed by atoms with Gasteiger partial charge >= 0.3 is 0 Å². The zero-order chi connectivity index (χ0) is 33.3. The van der Waals surface area contributed by atoms with Gasteiger partial charge in [-0.15, -0.1) is 0 Å². The number of aliphatic hydroxyl groups excluding tert-OH is 1. The number of hydrogen-bond acceptors (Lipinski definition) is 10. The molecule has 3 heterocycles. The van der Waals surface area contributed by atoms with Crippen molar-refractivity contribution in [1.82, 2.24) is 30.7 Å². The number of carbonyl (C=O) groups is 2. The molecule has 5 rings (SSSR count). The molecule has 0 aromatic heterocycles. The lowest BCUT2D eigenvalue weighted by molar-refractivity contribution is -0.130. The summed E-state index contributed by atoms with van der Waals surface area (Å²) in [6, 6.07) is 1.24. The summed E-state index contributed by atoms with van der Waals surface area (Å²) in [5.74, 6) is 1.44. The van der Waals surface area contributed by atoms with Gasteiger partial charge in [-0.05, 0) is 90.1 Å². The molecule has 47 heavy (non-hydrogen) atoms. The SMILES string of the molecule is COCCN(C)C1CC(NC2CCN(C(C)=O)CC2)CC(C(=O)NC[C@H](O)CN2CCC3CC(OCC4OCNC4C)CCC3C2)C1. The van der Waals surface area contributed by atoms with Gasteiger partial charge in [-0.3, -0.25) is 14.9 Å². The number of likely N-dealkylation sites (tertiary alicyclic amines) is 2. The minimum absolute atomic E-state index is 0.0531. The number of methoxy groups -OCH3 is 1. The van der Waals surface area contributed by atoms with Crippen LogP contribution in [0.5, 0.6) is 0 Å². The van der Waals surface area contributed by atoms with Crippen LogP contribution in [0.2, 0.25) is 0 Å². The minimum Gasteiger partial charge on any atom is -0.390 e. The highest BCUT2D eigenvalue weighted by Gasteiger charge is 2.38. The molecule has 2 aliphatic carbocycles. The third-order valence-electron chi connectivity index (χ3n) is 11.9. The van der Waals surface area contributed by atoms with E-state index in [4.69, 9.17) is 14.2 Å². The van der Waals surface area contributed by atoms with Crippen LogP contribution in [0.15, 0.2) is 0 Å². The average Bonchev–Trinajstić information content (AvgIpc) is 3.49. The molecule has 4 N–H and O–H groups in total. The van der Waals surface area contributed by atoms with Gasteiger partial charge in [0.25, 0.3) is 0 Å². The van der Waals surface area contributed by atoms with Crippen LogP contribution >= 0.6 is 0 Å². The molecule has 8 unspecified atom stereocenters. The van der Waals surface area contributed by atoms with Gasteiger partial charge in [0.15, 0.2) is 0 Å². The molecule has 0 aromatic rings. The van der Waals surface area contributed by atoms with Gasteiger partial charge in [-0.25, -0.2) is 0 Å². The summed E-state index contributed by atoms with van der Waals surface area (Å²) < 4.78 is 17.4. The zero-order valence-corrected chi connectivity index (χ0v) is 29.5. The third kappa shape index (κ3) is 10.8. The Hall–Kier alpha value is -1.38. The van der Waals surface area contributed by atoms with Crippen LogP contribution < -0.4 is 16.0 Å². The van der Waals surface area contributed by atoms with Crippen molar-refractivity contribution in [3.8, 4) is 0 Å². The second kappa shape index (κ2) is 18.0. The number of likely N-dealkylation sites (N-methyl/N-ethyl adjacent to an activating group) is 1. The van der Waals surface area contributed by atoms with E-state index in [1.54, 1.807) is 14.0 Å². The number of piperidine rings is 2. The number of hydrogen-bond donors (Lipinski definition) is 4. The Balaban J connectivity index is 1.04. The van der Waals surface area contributed by atoms with Crippen molar-refractivity contribution in [1.29, 1.82) is 0 Å². The van der Waals surface area contributed by atoms with Crippen LogP contribution in [0.3, 0.4) is 0 Å². The number of rotatable bonds is 14. The van der Waals surface area contributed by atoms with E-state index >= 15 is 0 Å². The lowest BCUT2D eigenvalue weighted by atomic mass is 9.74. The first-order valence-corrected chi connectivity index (χ1v) is 18.5. The fourth-order valence-electron chi connectivity index (χ4n) is 8.79. The Bertz CT molecular complexity index is 984. The van der Waals surface area contributed by atoms with Crippen molar-refractivity contribution in [3.05, 3.63) is 0 Å². The fourth-order valence-corrected chi connectivity index (χ4v) is 8.79. The van der Waals surface area contributed by atoms with E-state index in [1.165, 1.54) is 6.42 Å². The van der Waals surface area contributed by atoms with Crippen molar-refractivity contribution in [2.75, 3.05) is 79.9 Å². The van der Waals surface area contributed by atoms with Gasteiger partial charge < -0.3 is 44.7 Å². The third-order valence-corrected chi connectivity index (χ3v) is 11.9. The van der Waals surface area contributed by atoms with Crippen molar-refractivity contribution < 1.29 is 28.9 Å². The number of β-amino-alcohol motifs (C(OH)–C–C–N with tert-alkyl or cyclic N) is 1. The molecule has 2 saturated carbocycles.